The van der Waals surface area contributed by atoms with Gasteiger partial charge >= 0.3 is 0 Å². The Labute approximate surface area is 106 Å². The van der Waals surface area contributed by atoms with Crippen molar-refractivity contribution in [3.05, 3.63) is 53.5 Å². The Morgan fingerprint density at radius 2 is 2.06 bits per heavy atom. The highest BCUT2D eigenvalue weighted by molar-refractivity contribution is 7.89. The normalized spacial score (nSPS) is 21.7. The Hall–Kier alpha value is -1.15. The molecule has 1 aromatic rings. The van der Waals surface area contributed by atoms with E-state index in [9.17, 15) is 4.21 Å². The SMILES string of the molecule is C=C(C)[C@@H]1CC=C(S(=O)c2ccccc2)CC1. The minimum atomic E-state index is -0.967. The number of benzene rings is 1. The van der Waals surface area contributed by atoms with Crippen molar-refractivity contribution < 1.29 is 4.21 Å². The lowest BCUT2D eigenvalue weighted by atomic mass is 9.89. The molecule has 90 valence electrons. The van der Waals surface area contributed by atoms with Gasteiger partial charge in [0.1, 0.15) is 0 Å². The van der Waals surface area contributed by atoms with Gasteiger partial charge < -0.3 is 0 Å². The number of rotatable bonds is 3. The molecule has 2 atom stereocenters. The van der Waals surface area contributed by atoms with Crippen molar-refractivity contribution in [3.63, 3.8) is 0 Å². The smallest absolute Gasteiger partial charge is 0.0805 e. The molecule has 0 N–H and O–H groups in total. The van der Waals surface area contributed by atoms with Crippen LogP contribution in [0.15, 0.2) is 58.4 Å². The van der Waals surface area contributed by atoms with Gasteiger partial charge in [0, 0.05) is 9.80 Å². The van der Waals surface area contributed by atoms with E-state index in [1.165, 1.54) is 5.57 Å². The Morgan fingerprint density at radius 3 is 2.59 bits per heavy atom. The van der Waals surface area contributed by atoms with Crippen LogP contribution in [0.2, 0.25) is 0 Å². The average molecular weight is 246 g/mol. The predicted molar refractivity (Wildman–Crippen MR) is 73.1 cm³/mol. The van der Waals surface area contributed by atoms with Gasteiger partial charge in [0.15, 0.2) is 0 Å². The monoisotopic (exact) mass is 246 g/mol. The average Bonchev–Trinajstić information content (AvgIpc) is 2.39. The molecular weight excluding hydrogens is 228 g/mol. The fourth-order valence-electron chi connectivity index (χ4n) is 2.12. The van der Waals surface area contributed by atoms with Crippen LogP contribution in [-0.2, 0) is 10.8 Å². The van der Waals surface area contributed by atoms with Crippen molar-refractivity contribution in [3.8, 4) is 0 Å². The van der Waals surface area contributed by atoms with Crippen LogP contribution in [0.3, 0.4) is 0 Å². The standard InChI is InChI=1S/C15H18OS/c1-12(2)13-8-10-15(11-9-13)17(16)14-6-4-3-5-7-14/h3-7,10,13H,1,8-9,11H2,2H3/t13-,17?/m1/s1. The zero-order valence-corrected chi connectivity index (χ0v) is 11.0. The molecule has 0 bridgehead atoms. The van der Waals surface area contributed by atoms with Gasteiger partial charge in [0.05, 0.1) is 10.8 Å². The summed E-state index contributed by atoms with van der Waals surface area (Å²) in [4.78, 5) is 1.99. The van der Waals surface area contributed by atoms with E-state index in [2.05, 4.69) is 19.6 Å². The molecule has 2 rings (SSSR count). The number of allylic oxidation sites excluding steroid dienone is 3. The van der Waals surface area contributed by atoms with Gasteiger partial charge in [-0.05, 0) is 44.2 Å². The Bertz CT molecular complexity index is 459. The minimum absolute atomic E-state index is 0.575. The van der Waals surface area contributed by atoms with Crippen LogP contribution in [0.1, 0.15) is 26.2 Å². The minimum Gasteiger partial charge on any atom is -0.249 e. The molecule has 0 fully saturated rings. The maximum Gasteiger partial charge on any atom is 0.0805 e. The lowest BCUT2D eigenvalue weighted by Crippen LogP contribution is -2.09. The first-order chi connectivity index (χ1) is 8.18. The van der Waals surface area contributed by atoms with Crippen LogP contribution in [0.5, 0.6) is 0 Å². The molecule has 1 aromatic carbocycles. The predicted octanol–water partition coefficient (Wildman–Crippen LogP) is 4.05. The molecular formula is C15H18OS. The van der Waals surface area contributed by atoms with E-state index in [1.807, 2.05) is 30.3 Å². The topological polar surface area (TPSA) is 17.1 Å². The van der Waals surface area contributed by atoms with Gasteiger partial charge in [-0.3, -0.25) is 0 Å². The Kier molecular flexibility index (Phi) is 3.95. The Morgan fingerprint density at radius 1 is 1.35 bits per heavy atom. The third kappa shape index (κ3) is 2.95. The van der Waals surface area contributed by atoms with Crippen molar-refractivity contribution in [1.29, 1.82) is 0 Å². The van der Waals surface area contributed by atoms with Crippen LogP contribution in [0, 0.1) is 5.92 Å². The maximum atomic E-state index is 12.3. The van der Waals surface area contributed by atoms with Crippen LogP contribution in [-0.4, -0.2) is 4.21 Å². The molecule has 17 heavy (non-hydrogen) atoms. The van der Waals surface area contributed by atoms with E-state index < -0.39 is 10.8 Å². The van der Waals surface area contributed by atoms with Gasteiger partial charge in [-0.1, -0.05) is 36.4 Å². The molecule has 0 saturated heterocycles. The summed E-state index contributed by atoms with van der Waals surface area (Å²) in [6.45, 7) is 6.08. The van der Waals surface area contributed by atoms with Crippen LogP contribution in [0.4, 0.5) is 0 Å². The molecule has 1 unspecified atom stereocenters. The summed E-state index contributed by atoms with van der Waals surface area (Å²) in [7, 11) is -0.967. The van der Waals surface area contributed by atoms with E-state index >= 15 is 0 Å². The quantitative estimate of drug-likeness (QED) is 0.735. The zero-order chi connectivity index (χ0) is 12.3. The molecule has 0 aliphatic heterocycles. The zero-order valence-electron chi connectivity index (χ0n) is 10.2. The van der Waals surface area contributed by atoms with Gasteiger partial charge in [0.25, 0.3) is 0 Å². The second-order valence-electron chi connectivity index (χ2n) is 4.57. The first-order valence-corrected chi connectivity index (χ1v) is 7.14. The molecule has 0 amide bonds. The highest BCUT2D eigenvalue weighted by atomic mass is 32.2. The van der Waals surface area contributed by atoms with E-state index in [0.717, 1.165) is 29.1 Å². The highest BCUT2D eigenvalue weighted by Gasteiger charge is 2.18. The van der Waals surface area contributed by atoms with Crippen LogP contribution in [0.25, 0.3) is 0 Å². The molecule has 0 spiro atoms. The van der Waals surface area contributed by atoms with Crippen molar-refractivity contribution >= 4 is 10.8 Å². The van der Waals surface area contributed by atoms with Gasteiger partial charge in [0.2, 0.25) is 0 Å². The van der Waals surface area contributed by atoms with E-state index in [-0.39, 0.29) is 0 Å². The van der Waals surface area contributed by atoms with E-state index in [0.29, 0.717) is 5.92 Å². The summed E-state index contributed by atoms with van der Waals surface area (Å²) in [6.07, 6.45) is 5.15. The number of hydrogen-bond donors (Lipinski definition) is 0. The molecule has 0 heterocycles. The van der Waals surface area contributed by atoms with Crippen LogP contribution >= 0.6 is 0 Å². The summed E-state index contributed by atoms with van der Waals surface area (Å²) >= 11 is 0. The fourth-order valence-corrected chi connectivity index (χ4v) is 3.38. The molecule has 1 aliphatic rings. The molecule has 2 heteroatoms. The fraction of sp³-hybridized carbons (Fsp3) is 0.333. The summed E-state index contributed by atoms with van der Waals surface area (Å²) in [6, 6.07) is 9.69. The van der Waals surface area contributed by atoms with Gasteiger partial charge in [-0.2, -0.15) is 0 Å². The maximum absolute atomic E-state index is 12.3. The first kappa shape index (κ1) is 12.3. The van der Waals surface area contributed by atoms with Crippen molar-refractivity contribution in [2.24, 2.45) is 5.92 Å². The van der Waals surface area contributed by atoms with E-state index in [1.54, 1.807) is 0 Å². The molecule has 0 saturated carbocycles. The number of hydrogen-bond acceptors (Lipinski definition) is 1. The molecule has 0 aromatic heterocycles. The molecule has 1 nitrogen and oxygen atoms in total. The van der Waals surface area contributed by atoms with Crippen molar-refractivity contribution in [1.82, 2.24) is 0 Å². The van der Waals surface area contributed by atoms with E-state index in [4.69, 9.17) is 0 Å². The van der Waals surface area contributed by atoms with Crippen LogP contribution < -0.4 is 0 Å². The van der Waals surface area contributed by atoms with Crippen molar-refractivity contribution in [2.45, 2.75) is 31.1 Å². The van der Waals surface area contributed by atoms with Gasteiger partial charge in [-0.25, -0.2) is 4.21 Å². The lowest BCUT2D eigenvalue weighted by molar-refractivity contribution is 0.548. The Balaban J connectivity index is 2.10. The summed E-state index contributed by atoms with van der Waals surface area (Å²) in [5.74, 6) is 0.575. The highest BCUT2D eigenvalue weighted by Crippen LogP contribution is 2.31. The molecule has 0 radical (unpaired) electrons. The lowest BCUT2D eigenvalue weighted by Gasteiger charge is -2.21. The second-order valence-corrected chi connectivity index (χ2v) is 6.10. The molecule has 1 aliphatic carbocycles. The summed E-state index contributed by atoms with van der Waals surface area (Å²) in [5, 5.41) is 0. The summed E-state index contributed by atoms with van der Waals surface area (Å²) < 4.78 is 12.3. The third-order valence-corrected chi connectivity index (χ3v) is 4.81. The summed E-state index contributed by atoms with van der Waals surface area (Å²) in [5.41, 5.74) is 1.24. The van der Waals surface area contributed by atoms with Crippen molar-refractivity contribution in [2.75, 3.05) is 0 Å². The second kappa shape index (κ2) is 5.46. The largest absolute Gasteiger partial charge is 0.249 e. The van der Waals surface area contributed by atoms with Gasteiger partial charge in [-0.15, -0.1) is 0 Å². The third-order valence-electron chi connectivity index (χ3n) is 3.26. The first-order valence-electron chi connectivity index (χ1n) is 5.99.